The highest BCUT2D eigenvalue weighted by Crippen LogP contribution is 2.23. The molecule has 5 heteroatoms. The Morgan fingerprint density at radius 2 is 2.06 bits per heavy atom. The first-order valence-corrected chi connectivity index (χ1v) is 6.15. The number of nitrogens with one attached hydrogen (secondary N) is 1. The van der Waals surface area contributed by atoms with Crippen LogP contribution in [-0.2, 0) is 0 Å². The zero-order valence-corrected chi connectivity index (χ0v) is 10.1. The Balaban J connectivity index is 2.08. The third-order valence-electron chi connectivity index (χ3n) is 3.27. The average Bonchev–Trinajstić information content (AvgIpc) is 2.86. The first-order valence-electron chi connectivity index (χ1n) is 6.15. The molecular formula is C12H17N5. The van der Waals surface area contributed by atoms with E-state index in [2.05, 4.69) is 20.2 Å². The molecule has 0 amide bonds. The second-order valence-electron chi connectivity index (χ2n) is 4.41. The van der Waals surface area contributed by atoms with Gasteiger partial charge in [-0.05, 0) is 19.3 Å². The summed E-state index contributed by atoms with van der Waals surface area (Å²) in [5.74, 6) is 1.89. The van der Waals surface area contributed by atoms with Gasteiger partial charge in [0.15, 0.2) is 11.5 Å². The predicted molar refractivity (Wildman–Crippen MR) is 68.6 cm³/mol. The van der Waals surface area contributed by atoms with E-state index >= 15 is 0 Å². The fourth-order valence-corrected chi connectivity index (χ4v) is 2.35. The standard InChI is InChI=1S/C12H17N5/c1-13-10-9-17-8-5-14-11(17)12(15-10)16-6-3-2-4-7-16/h5,8-9,13H,2-4,6-7H2,1H3. The van der Waals surface area contributed by atoms with E-state index in [1.165, 1.54) is 19.3 Å². The lowest BCUT2D eigenvalue weighted by molar-refractivity contribution is 0.574. The van der Waals surface area contributed by atoms with Crippen LogP contribution in [0, 0.1) is 0 Å². The van der Waals surface area contributed by atoms with Crippen molar-refractivity contribution >= 4 is 17.3 Å². The van der Waals surface area contributed by atoms with Gasteiger partial charge in [-0.1, -0.05) is 0 Å². The van der Waals surface area contributed by atoms with Crippen molar-refractivity contribution in [1.82, 2.24) is 14.4 Å². The van der Waals surface area contributed by atoms with Crippen LogP contribution in [0.3, 0.4) is 0 Å². The Labute approximate surface area is 100 Å². The number of piperidine rings is 1. The van der Waals surface area contributed by atoms with Gasteiger partial charge in [0.05, 0.1) is 6.20 Å². The van der Waals surface area contributed by atoms with Gasteiger partial charge in [-0.3, -0.25) is 0 Å². The maximum atomic E-state index is 4.65. The van der Waals surface area contributed by atoms with E-state index in [0.717, 1.165) is 30.4 Å². The lowest BCUT2D eigenvalue weighted by Gasteiger charge is -2.28. The molecule has 17 heavy (non-hydrogen) atoms. The fourth-order valence-electron chi connectivity index (χ4n) is 2.35. The van der Waals surface area contributed by atoms with Crippen molar-refractivity contribution < 1.29 is 0 Å². The third-order valence-corrected chi connectivity index (χ3v) is 3.27. The summed E-state index contributed by atoms with van der Waals surface area (Å²) in [5.41, 5.74) is 0.950. The Morgan fingerprint density at radius 3 is 2.82 bits per heavy atom. The number of nitrogens with zero attached hydrogens (tertiary/aromatic N) is 4. The second kappa shape index (κ2) is 4.24. The molecule has 0 atom stereocenters. The average molecular weight is 231 g/mol. The molecular weight excluding hydrogens is 214 g/mol. The Hall–Kier alpha value is -1.78. The van der Waals surface area contributed by atoms with Crippen molar-refractivity contribution in [3.63, 3.8) is 0 Å². The van der Waals surface area contributed by atoms with Gasteiger partial charge in [-0.15, -0.1) is 0 Å². The number of fused-ring (bicyclic) bond motifs is 1. The quantitative estimate of drug-likeness (QED) is 0.855. The second-order valence-corrected chi connectivity index (χ2v) is 4.41. The lowest BCUT2D eigenvalue weighted by Crippen LogP contribution is -2.30. The van der Waals surface area contributed by atoms with Gasteiger partial charge >= 0.3 is 0 Å². The van der Waals surface area contributed by atoms with E-state index in [4.69, 9.17) is 0 Å². The third kappa shape index (κ3) is 1.81. The van der Waals surface area contributed by atoms with Gasteiger partial charge < -0.3 is 14.6 Å². The van der Waals surface area contributed by atoms with Crippen LogP contribution >= 0.6 is 0 Å². The maximum Gasteiger partial charge on any atom is 0.180 e. The fraction of sp³-hybridized carbons (Fsp3) is 0.500. The molecule has 1 fully saturated rings. The van der Waals surface area contributed by atoms with Crippen molar-refractivity contribution in [3.8, 4) is 0 Å². The molecule has 2 aromatic heterocycles. The molecule has 3 rings (SSSR count). The summed E-state index contributed by atoms with van der Waals surface area (Å²) >= 11 is 0. The molecule has 0 saturated carbocycles. The normalized spacial score (nSPS) is 16.4. The topological polar surface area (TPSA) is 45.5 Å². The van der Waals surface area contributed by atoms with Crippen LogP contribution in [0.4, 0.5) is 11.6 Å². The SMILES string of the molecule is CNc1cn2ccnc2c(N2CCCCC2)n1. The Kier molecular flexibility index (Phi) is 2.59. The summed E-state index contributed by atoms with van der Waals surface area (Å²) in [4.78, 5) is 11.4. The van der Waals surface area contributed by atoms with Gasteiger partial charge in [-0.2, -0.15) is 0 Å². The molecule has 2 aromatic rings. The number of imidazole rings is 1. The van der Waals surface area contributed by atoms with Gasteiger partial charge in [0.2, 0.25) is 0 Å². The van der Waals surface area contributed by atoms with Crippen molar-refractivity contribution in [2.45, 2.75) is 19.3 Å². The van der Waals surface area contributed by atoms with E-state index in [0.29, 0.717) is 0 Å². The number of hydrogen-bond donors (Lipinski definition) is 1. The summed E-state index contributed by atoms with van der Waals surface area (Å²) in [5, 5.41) is 3.10. The van der Waals surface area contributed by atoms with E-state index < -0.39 is 0 Å². The van der Waals surface area contributed by atoms with E-state index in [9.17, 15) is 0 Å². The molecule has 1 aliphatic rings. The molecule has 0 aromatic carbocycles. The van der Waals surface area contributed by atoms with Gasteiger partial charge in [0, 0.05) is 32.5 Å². The largest absolute Gasteiger partial charge is 0.372 e. The highest BCUT2D eigenvalue weighted by atomic mass is 15.2. The summed E-state index contributed by atoms with van der Waals surface area (Å²) in [6.45, 7) is 2.17. The van der Waals surface area contributed by atoms with Gasteiger partial charge in [-0.25, -0.2) is 9.97 Å². The lowest BCUT2D eigenvalue weighted by atomic mass is 10.1. The van der Waals surface area contributed by atoms with E-state index in [1.807, 2.05) is 30.0 Å². The molecule has 3 heterocycles. The maximum absolute atomic E-state index is 4.65. The molecule has 5 nitrogen and oxygen atoms in total. The van der Waals surface area contributed by atoms with Crippen LogP contribution < -0.4 is 10.2 Å². The number of anilines is 2. The zero-order valence-electron chi connectivity index (χ0n) is 10.1. The van der Waals surface area contributed by atoms with E-state index in [-0.39, 0.29) is 0 Å². The molecule has 0 unspecified atom stereocenters. The number of rotatable bonds is 2. The molecule has 1 aliphatic heterocycles. The molecule has 1 N–H and O–H groups in total. The summed E-state index contributed by atoms with van der Waals surface area (Å²) in [6.07, 6.45) is 9.58. The van der Waals surface area contributed by atoms with E-state index in [1.54, 1.807) is 0 Å². The zero-order chi connectivity index (χ0) is 11.7. The first-order chi connectivity index (χ1) is 8.38. The molecule has 0 aliphatic carbocycles. The Bertz CT molecular complexity index is 513. The molecule has 0 spiro atoms. The summed E-state index contributed by atoms with van der Waals surface area (Å²) < 4.78 is 2.03. The van der Waals surface area contributed by atoms with Crippen molar-refractivity contribution in [2.24, 2.45) is 0 Å². The van der Waals surface area contributed by atoms with Crippen LogP contribution in [-0.4, -0.2) is 34.5 Å². The van der Waals surface area contributed by atoms with Crippen LogP contribution in [0.1, 0.15) is 19.3 Å². The summed E-state index contributed by atoms with van der Waals surface area (Å²) in [7, 11) is 1.89. The minimum absolute atomic E-state index is 0.885. The van der Waals surface area contributed by atoms with Crippen LogP contribution in [0.2, 0.25) is 0 Å². The van der Waals surface area contributed by atoms with Gasteiger partial charge in [0.1, 0.15) is 5.82 Å². The van der Waals surface area contributed by atoms with Crippen molar-refractivity contribution in [3.05, 3.63) is 18.6 Å². The molecule has 0 bridgehead atoms. The first kappa shape index (κ1) is 10.4. The molecule has 1 saturated heterocycles. The minimum atomic E-state index is 0.885. The van der Waals surface area contributed by atoms with Crippen LogP contribution in [0.25, 0.3) is 5.65 Å². The van der Waals surface area contributed by atoms with Crippen LogP contribution in [0.5, 0.6) is 0 Å². The summed E-state index contributed by atoms with van der Waals surface area (Å²) in [6, 6.07) is 0. The Morgan fingerprint density at radius 1 is 1.24 bits per heavy atom. The van der Waals surface area contributed by atoms with Gasteiger partial charge in [0.25, 0.3) is 0 Å². The monoisotopic (exact) mass is 231 g/mol. The van der Waals surface area contributed by atoms with Crippen LogP contribution in [0.15, 0.2) is 18.6 Å². The predicted octanol–water partition coefficient (Wildman–Crippen LogP) is 1.76. The minimum Gasteiger partial charge on any atom is -0.372 e. The number of hydrogen-bond acceptors (Lipinski definition) is 4. The van der Waals surface area contributed by atoms with Crippen molar-refractivity contribution in [2.75, 3.05) is 30.4 Å². The molecule has 90 valence electrons. The smallest absolute Gasteiger partial charge is 0.180 e. The molecule has 0 radical (unpaired) electrons. The highest BCUT2D eigenvalue weighted by molar-refractivity contribution is 5.66. The highest BCUT2D eigenvalue weighted by Gasteiger charge is 2.16. The number of aromatic nitrogens is 3. The van der Waals surface area contributed by atoms with Crippen molar-refractivity contribution in [1.29, 1.82) is 0 Å².